The summed E-state index contributed by atoms with van der Waals surface area (Å²) in [6, 6.07) is 21.2. The van der Waals surface area contributed by atoms with Crippen LogP contribution in [-0.4, -0.2) is 5.92 Å². The summed E-state index contributed by atoms with van der Waals surface area (Å²) in [5, 5.41) is 0. The summed E-state index contributed by atoms with van der Waals surface area (Å²) in [7, 11) is 17.1. The van der Waals surface area contributed by atoms with E-state index in [4.69, 9.17) is 25.9 Å². The molecular weight excluding hydrogens is 631 g/mol. The van der Waals surface area contributed by atoms with Crippen molar-refractivity contribution in [1.82, 2.24) is 0 Å². The maximum absolute atomic E-state index is 8.54. The zero-order valence-corrected chi connectivity index (χ0v) is 29.2. The van der Waals surface area contributed by atoms with Gasteiger partial charge >= 0.3 is 249 Å². The number of rotatable bonds is 7. The van der Waals surface area contributed by atoms with E-state index in [-0.39, 0.29) is 7.25 Å². The number of benzene rings is 2. The average Bonchev–Trinajstić information content (AvgIpc) is 3.72. The third-order valence-electron chi connectivity index (χ3n) is 9.30. The molecular formula is C34H37Cl2O2SiZr. The van der Waals surface area contributed by atoms with E-state index in [1.54, 1.807) is 12.5 Å². The monoisotopic (exact) mass is 665 g/mol. The molecule has 0 amide bonds. The van der Waals surface area contributed by atoms with E-state index < -0.39 is 21.5 Å². The molecule has 2 aromatic heterocycles. The van der Waals surface area contributed by atoms with Crippen LogP contribution < -0.4 is 0 Å². The summed E-state index contributed by atoms with van der Waals surface area (Å²) in [6.07, 6.45) is 8.28. The van der Waals surface area contributed by atoms with Gasteiger partial charge in [0.05, 0.1) is 0 Å². The van der Waals surface area contributed by atoms with Crippen LogP contribution in [0, 0.1) is 11.8 Å². The molecule has 6 rings (SSSR count). The minimum atomic E-state index is -4.83. The first kappa shape index (κ1) is 28.3. The van der Waals surface area contributed by atoms with Crippen molar-refractivity contribution in [2.45, 2.75) is 48.0 Å². The van der Waals surface area contributed by atoms with Gasteiger partial charge in [-0.2, -0.15) is 0 Å². The molecule has 0 saturated carbocycles. The van der Waals surface area contributed by atoms with E-state index in [1.165, 1.54) is 33.4 Å². The van der Waals surface area contributed by atoms with E-state index in [1.807, 2.05) is 24.3 Å². The van der Waals surface area contributed by atoms with Crippen molar-refractivity contribution in [3.8, 4) is 22.6 Å². The van der Waals surface area contributed by atoms with Crippen molar-refractivity contribution in [3.63, 3.8) is 0 Å². The van der Waals surface area contributed by atoms with E-state index in [9.17, 15) is 0 Å². The zero-order valence-electron chi connectivity index (χ0n) is 24.0. The Hall–Kier alpha value is -1.84. The number of hydrogen-bond acceptors (Lipinski definition) is 2. The van der Waals surface area contributed by atoms with Crippen LogP contribution in [-0.2, 0) is 15.6 Å². The number of fused-ring (bicyclic) bond motifs is 2. The van der Waals surface area contributed by atoms with Gasteiger partial charge in [0, 0.05) is 0 Å². The first-order valence-corrected chi connectivity index (χ1v) is 30.7. The standard InChI is InChI=1S/2C16H15O.C2H7Si.2ClH.Zr/c2*1-11(2)13-9-12-5-3-6-14(15(12)10-13)16-7-4-8-17-16;1-3-2;;;/h2*3-11H,1-2H3;3H,1-2H3;2*1H;/q;;;;;+2/p-2. The summed E-state index contributed by atoms with van der Waals surface area (Å²) < 4.78 is 11.9. The Bertz CT molecular complexity index is 1510. The normalized spacial score (nSPS) is 19.5. The van der Waals surface area contributed by atoms with Gasteiger partial charge in [0.1, 0.15) is 0 Å². The Morgan fingerprint density at radius 1 is 0.650 bits per heavy atom. The molecule has 40 heavy (non-hydrogen) atoms. The fourth-order valence-electron chi connectivity index (χ4n) is 7.21. The Labute approximate surface area is 246 Å². The van der Waals surface area contributed by atoms with Crippen molar-refractivity contribution in [2.75, 3.05) is 0 Å². The molecule has 2 nitrogen and oxygen atoms in total. The fraction of sp³-hybridized carbons (Fsp3) is 0.294. The zero-order chi connectivity index (χ0) is 28.4. The quantitative estimate of drug-likeness (QED) is 0.183. The SMILES string of the molecule is CC(C)C1=Cc2c(-c3ccco3)cccc2[CH]1[Zr]([Cl])([Cl])([CH]1C(C(C)C)=Cc2c(-c3ccco3)cccc21)[SiH](C)C. The van der Waals surface area contributed by atoms with Gasteiger partial charge in [0.15, 0.2) is 0 Å². The van der Waals surface area contributed by atoms with Crippen LogP contribution in [0.2, 0.25) is 13.1 Å². The molecule has 2 aromatic carbocycles. The van der Waals surface area contributed by atoms with Gasteiger partial charge in [-0.15, -0.1) is 0 Å². The summed E-state index contributed by atoms with van der Waals surface area (Å²) in [6.45, 7) is 14.0. The van der Waals surface area contributed by atoms with E-state index in [0.29, 0.717) is 11.8 Å². The number of furan rings is 2. The summed E-state index contributed by atoms with van der Waals surface area (Å²) in [5.41, 5.74) is 10.0. The number of allylic oxidation sites excluding steroid dienone is 2. The van der Waals surface area contributed by atoms with Gasteiger partial charge in [-0.25, -0.2) is 0 Å². The van der Waals surface area contributed by atoms with Crippen molar-refractivity contribution in [2.24, 2.45) is 11.8 Å². The molecule has 0 spiro atoms. The molecule has 207 valence electrons. The molecule has 2 unspecified atom stereocenters. The molecule has 0 N–H and O–H groups in total. The summed E-state index contributed by atoms with van der Waals surface area (Å²) in [4.78, 5) is 0. The molecule has 2 aliphatic carbocycles. The number of hydrogen-bond donors (Lipinski definition) is 0. The molecule has 0 saturated heterocycles. The molecule has 6 heteroatoms. The van der Waals surface area contributed by atoms with Crippen LogP contribution in [0.3, 0.4) is 0 Å². The predicted molar refractivity (Wildman–Crippen MR) is 170 cm³/mol. The van der Waals surface area contributed by atoms with Crippen molar-refractivity contribution >= 4 is 35.1 Å². The second kappa shape index (κ2) is 10.2. The number of halogens is 2. The van der Waals surface area contributed by atoms with E-state index in [0.717, 1.165) is 22.6 Å². The Balaban J connectivity index is 1.63. The van der Waals surface area contributed by atoms with Crippen molar-refractivity contribution in [3.05, 3.63) is 107 Å². The third kappa shape index (κ3) is 4.12. The molecule has 0 fully saturated rings. The van der Waals surface area contributed by atoms with Crippen LogP contribution in [0.5, 0.6) is 0 Å². The second-order valence-electron chi connectivity index (χ2n) is 12.4. The fourth-order valence-corrected chi connectivity index (χ4v) is 38.7. The topological polar surface area (TPSA) is 26.3 Å². The third-order valence-corrected chi connectivity index (χ3v) is 61.0. The molecule has 0 aliphatic heterocycles. The summed E-state index contributed by atoms with van der Waals surface area (Å²) >= 11 is -4.83. The van der Waals surface area contributed by atoms with Crippen LogP contribution in [0.25, 0.3) is 34.8 Å². The van der Waals surface area contributed by atoms with Crippen LogP contribution in [0.4, 0.5) is 0 Å². The Kier molecular flexibility index (Phi) is 7.18. The summed E-state index contributed by atoms with van der Waals surface area (Å²) in [5.74, 6) is 0.769. The molecule has 0 radical (unpaired) electrons. The molecule has 0 bridgehead atoms. The van der Waals surface area contributed by atoms with Crippen LogP contribution >= 0.6 is 17.0 Å². The van der Waals surface area contributed by atoms with Gasteiger partial charge in [-0.05, 0) is 0 Å². The van der Waals surface area contributed by atoms with Gasteiger partial charge < -0.3 is 0 Å². The van der Waals surface area contributed by atoms with Crippen molar-refractivity contribution in [1.29, 1.82) is 0 Å². The molecule has 2 heterocycles. The average molecular weight is 668 g/mol. The van der Waals surface area contributed by atoms with Crippen LogP contribution in [0.1, 0.15) is 57.2 Å². The van der Waals surface area contributed by atoms with E-state index in [2.05, 4.69) is 89.3 Å². The van der Waals surface area contributed by atoms with Gasteiger partial charge in [0.25, 0.3) is 0 Å². The molecule has 2 atom stereocenters. The van der Waals surface area contributed by atoms with Gasteiger partial charge in [-0.3, -0.25) is 0 Å². The minimum absolute atomic E-state index is 0.0479. The maximum atomic E-state index is 8.54. The van der Waals surface area contributed by atoms with Crippen molar-refractivity contribution < 1.29 is 24.4 Å². The van der Waals surface area contributed by atoms with Gasteiger partial charge in [0.2, 0.25) is 0 Å². The predicted octanol–water partition coefficient (Wildman–Crippen LogP) is 11.1. The first-order chi connectivity index (χ1) is 19.0. The Morgan fingerprint density at radius 2 is 1.07 bits per heavy atom. The van der Waals surface area contributed by atoms with Crippen LogP contribution in [0.15, 0.2) is 93.2 Å². The first-order valence-electron chi connectivity index (χ1n) is 14.4. The van der Waals surface area contributed by atoms with Gasteiger partial charge in [-0.1, -0.05) is 0 Å². The second-order valence-corrected chi connectivity index (χ2v) is 54.9. The Morgan fingerprint density at radius 3 is 1.40 bits per heavy atom. The molecule has 4 aromatic rings. The van der Waals surface area contributed by atoms with E-state index >= 15 is 0 Å². The molecule has 2 aliphatic rings.